The van der Waals surface area contributed by atoms with Crippen molar-refractivity contribution in [3.8, 4) is 5.75 Å². The molecule has 0 aliphatic rings. The Balaban J connectivity index is 2.52. The zero-order valence-corrected chi connectivity index (χ0v) is 11.6. The first-order chi connectivity index (χ1) is 8.04. The Kier molecular flexibility index (Phi) is 6.01. The van der Waals surface area contributed by atoms with E-state index < -0.39 is 5.97 Å². The molecule has 1 rings (SSSR count). The summed E-state index contributed by atoms with van der Waals surface area (Å²) in [6, 6.07) is 3.17. The van der Waals surface area contributed by atoms with Crippen LogP contribution in [-0.2, 0) is 9.63 Å². The van der Waals surface area contributed by atoms with Crippen LogP contribution < -0.4 is 16.2 Å². The van der Waals surface area contributed by atoms with Crippen LogP contribution in [0.4, 0.5) is 0 Å². The lowest BCUT2D eigenvalue weighted by atomic mass is 10.3. The molecular weight excluding hydrogens is 335 g/mol. The van der Waals surface area contributed by atoms with Crippen molar-refractivity contribution in [2.75, 3.05) is 6.61 Å². The summed E-state index contributed by atoms with van der Waals surface area (Å²) in [4.78, 5) is 15.2. The Morgan fingerprint density at radius 1 is 1.41 bits per heavy atom. The first-order valence-electron chi connectivity index (χ1n) is 4.47. The van der Waals surface area contributed by atoms with Crippen LogP contribution in [0, 0.1) is 0 Å². The molecule has 8 heteroatoms. The van der Waals surface area contributed by atoms with Crippen molar-refractivity contribution in [2.24, 2.45) is 5.84 Å². The minimum atomic E-state index is -0.535. The van der Waals surface area contributed by atoms with Gasteiger partial charge in [-0.2, -0.15) is 0 Å². The lowest BCUT2D eigenvalue weighted by molar-refractivity contribution is -0.151. The molecule has 0 heterocycles. The number of hydrazine groups is 1. The molecule has 1 aromatic carbocycles. The van der Waals surface area contributed by atoms with Gasteiger partial charge in [-0.3, -0.25) is 4.79 Å². The van der Waals surface area contributed by atoms with Gasteiger partial charge in [0.2, 0.25) is 0 Å². The van der Waals surface area contributed by atoms with Gasteiger partial charge in [0.1, 0.15) is 5.75 Å². The van der Waals surface area contributed by atoms with Crippen molar-refractivity contribution in [2.45, 2.75) is 6.42 Å². The molecule has 94 valence electrons. The number of hydrogen-bond donors (Lipinski definition) is 2. The highest BCUT2D eigenvalue weighted by molar-refractivity contribution is 9.10. The van der Waals surface area contributed by atoms with Gasteiger partial charge in [-0.05, 0) is 22.0 Å². The zero-order valence-electron chi connectivity index (χ0n) is 8.50. The summed E-state index contributed by atoms with van der Waals surface area (Å²) in [6.45, 7) is 0.109. The number of hydrogen-bond acceptors (Lipinski definition) is 5. The number of halogens is 3. The van der Waals surface area contributed by atoms with E-state index in [0.29, 0.717) is 20.3 Å². The van der Waals surface area contributed by atoms with E-state index in [1.54, 1.807) is 17.7 Å². The average Bonchev–Trinajstić information content (AvgIpc) is 2.26. The second kappa shape index (κ2) is 7.03. The highest BCUT2D eigenvalue weighted by Crippen LogP contribution is 2.34. The molecule has 0 saturated heterocycles. The molecule has 0 saturated carbocycles. The SMILES string of the molecule is NNOC(=O)CCOc1cc(Cl)c(Br)cc1Cl. The van der Waals surface area contributed by atoms with Gasteiger partial charge in [-0.1, -0.05) is 28.8 Å². The van der Waals surface area contributed by atoms with E-state index in [1.807, 2.05) is 0 Å². The van der Waals surface area contributed by atoms with Gasteiger partial charge >= 0.3 is 5.97 Å². The summed E-state index contributed by atoms with van der Waals surface area (Å²) in [5.41, 5.74) is 1.79. The fourth-order valence-corrected chi connectivity index (χ4v) is 1.82. The van der Waals surface area contributed by atoms with Crippen LogP contribution in [0.2, 0.25) is 10.0 Å². The normalized spacial score (nSPS) is 10.1. The number of nitrogens with two attached hydrogens (primary N) is 1. The summed E-state index contributed by atoms with van der Waals surface area (Å²) < 4.78 is 5.95. The first kappa shape index (κ1) is 14.5. The molecule has 0 atom stereocenters. The van der Waals surface area contributed by atoms with Gasteiger partial charge in [0.15, 0.2) is 0 Å². The Labute approximate surface area is 116 Å². The van der Waals surface area contributed by atoms with E-state index in [9.17, 15) is 4.79 Å². The Hall–Kier alpha value is -0.530. The number of benzene rings is 1. The smallest absolute Gasteiger partial charge is 0.329 e. The first-order valence-corrected chi connectivity index (χ1v) is 6.02. The van der Waals surface area contributed by atoms with E-state index in [1.165, 1.54) is 0 Å². The lowest BCUT2D eigenvalue weighted by Crippen LogP contribution is -2.26. The molecule has 0 unspecified atom stereocenters. The third kappa shape index (κ3) is 4.69. The summed E-state index contributed by atoms with van der Waals surface area (Å²) in [5.74, 6) is 4.66. The van der Waals surface area contributed by atoms with Crippen LogP contribution in [0.25, 0.3) is 0 Å². The van der Waals surface area contributed by atoms with Crippen molar-refractivity contribution < 1.29 is 14.4 Å². The molecule has 5 nitrogen and oxygen atoms in total. The van der Waals surface area contributed by atoms with Crippen molar-refractivity contribution in [1.29, 1.82) is 0 Å². The maximum absolute atomic E-state index is 10.9. The third-order valence-corrected chi connectivity index (χ3v) is 3.20. The van der Waals surface area contributed by atoms with Crippen LogP contribution in [0.1, 0.15) is 6.42 Å². The minimum absolute atomic E-state index is 0.0359. The van der Waals surface area contributed by atoms with E-state index in [2.05, 4.69) is 20.8 Å². The molecule has 17 heavy (non-hydrogen) atoms. The number of nitrogens with one attached hydrogen (secondary N) is 1. The molecule has 0 aromatic heterocycles. The van der Waals surface area contributed by atoms with Crippen molar-refractivity contribution in [3.05, 3.63) is 26.7 Å². The molecule has 0 aliphatic heterocycles. The van der Waals surface area contributed by atoms with E-state index >= 15 is 0 Å². The second-order valence-electron chi connectivity index (χ2n) is 2.89. The number of carbonyl (C=O) groups excluding carboxylic acids is 1. The van der Waals surface area contributed by atoms with Crippen molar-refractivity contribution in [1.82, 2.24) is 5.59 Å². The number of carbonyl (C=O) groups is 1. The summed E-state index contributed by atoms with van der Waals surface area (Å²) >= 11 is 15.0. The fourth-order valence-electron chi connectivity index (χ4n) is 0.976. The van der Waals surface area contributed by atoms with Crippen LogP contribution in [0.5, 0.6) is 5.75 Å². The van der Waals surface area contributed by atoms with Crippen LogP contribution >= 0.6 is 39.1 Å². The Bertz CT molecular complexity index is 417. The molecular formula is C9H9BrCl2N2O3. The van der Waals surface area contributed by atoms with Crippen LogP contribution in [0.3, 0.4) is 0 Å². The molecule has 0 fully saturated rings. The summed E-state index contributed by atoms with van der Waals surface area (Å²) in [5, 5.41) is 0.863. The molecule has 1 aromatic rings. The number of rotatable bonds is 5. The maximum atomic E-state index is 10.9. The van der Waals surface area contributed by atoms with E-state index in [4.69, 9.17) is 33.8 Å². The third-order valence-electron chi connectivity index (χ3n) is 1.71. The zero-order chi connectivity index (χ0) is 12.8. The minimum Gasteiger partial charge on any atom is -0.491 e. The fraction of sp³-hybridized carbons (Fsp3) is 0.222. The number of ether oxygens (including phenoxy) is 1. The maximum Gasteiger partial charge on any atom is 0.329 e. The molecule has 0 radical (unpaired) electrons. The topological polar surface area (TPSA) is 73.6 Å². The van der Waals surface area contributed by atoms with E-state index in [-0.39, 0.29) is 13.0 Å². The lowest BCUT2D eigenvalue weighted by Gasteiger charge is -2.08. The van der Waals surface area contributed by atoms with Gasteiger partial charge in [-0.25, -0.2) is 5.84 Å². The average molecular weight is 344 g/mol. The van der Waals surface area contributed by atoms with Gasteiger partial charge in [0, 0.05) is 10.5 Å². The quantitative estimate of drug-likeness (QED) is 0.488. The van der Waals surface area contributed by atoms with Crippen LogP contribution in [-0.4, -0.2) is 12.6 Å². The van der Waals surface area contributed by atoms with Gasteiger partial charge in [0.05, 0.1) is 23.1 Å². The second-order valence-corrected chi connectivity index (χ2v) is 4.56. The molecule has 0 spiro atoms. The Morgan fingerprint density at radius 3 is 2.76 bits per heavy atom. The standard InChI is InChI=1S/C9H9BrCl2N2O3/c10-5-3-7(12)8(4-6(5)11)16-2-1-9(15)17-14-13/h3-4,14H,1-2,13H2. The van der Waals surface area contributed by atoms with E-state index in [0.717, 1.165) is 0 Å². The molecule has 0 bridgehead atoms. The Morgan fingerprint density at radius 2 is 2.12 bits per heavy atom. The highest BCUT2D eigenvalue weighted by atomic mass is 79.9. The largest absolute Gasteiger partial charge is 0.491 e. The van der Waals surface area contributed by atoms with Crippen molar-refractivity contribution in [3.63, 3.8) is 0 Å². The van der Waals surface area contributed by atoms with Crippen LogP contribution in [0.15, 0.2) is 16.6 Å². The van der Waals surface area contributed by atoms with Gasteiger partial charge in [0.25, 0.3) is 0 Å². The van der Waals surface area contributed by atoms with Crippen molar-refractivity contribution >= 4 is 45.1 Å². The molecule has 0 amide bonds. The molecule has 3 N–H and O–H groups in total. The van der Waals surface area contributed by atoms with Gasteiger partial charge < -0.3 is 9.57 Å². The predicted octanol–water partition coefficient (Wildman–Crippen LogP) is 2.45. The molecule has 0 aliphatic carbocycles. The summed E-state index contributed by atoms with van der Waals surface area (Å²) in [7, 11) is 0. The monoisotopic (exact) mass is 342 g/mol. The summed E-state index contributed by atoms with van der Waals surface area (Å²) in [6.07, 6.45) is 0.0359. The van der Waals surface area contributed by atoms with Gasteiger partial charge in [-0.15, -0.1) is 0 Å². The predicted molar refractivity (Wildman–Crippen MR) is 67.7 cm³/mol. The highest BCUT2D eigenvalue weighted by Gasteiger charge is 2.08.